The van der Waals surface area contributed by atoms with Crippen molar-refractivity contribution in [1.82, 2.24) is 4.57 Å². The van der Waals surface area contributed by atoms with Crippen LogP contribution in [0.3, 0.4) is 0 Å². The van der Waals surface area contributed by atoms with Gasteiger partial charge in [-0.15, -0.1) is 11.3 Å². The Labute approximate surface area is 133 Å². The average molecular weight is 368 g/mol. The summed E-state index contributed by atoms with van der Waals surface area (Å²) in [4.78, 5) is 12.6. The first-order chi connectivity index (χ1) is 10.0. The topological polar surface area (TPSA) is 55.4 Å². The Hall–Kier alpha value is -1.37. The normalized spacial score (nSPS) is 13.0. The lowest BCUT2D eigenvalue weighted by Gasteiger charge is -2.08. The molecule has 0 spiro atoms. The fraction of sp³-hybridized carbons (Fsp3) is 0.267. The summed E-state index contributed by atoms with van der Waals surface area (Å²) in [6.07, 6.45) is -0.723. The highest BCUT2D eigenvalue weighted by atomic mass is 79.9. The number of aliphatic hydroxyl groups excluding tert-OH is 1. The lowest BCUT2D eigenvalue weighted by Crippen LogP contribution is -2.11. The second-order valence-electron chi connectivity index (χ2n) is 4.85. The summed E-state index contributed by atoms with van der Waals surface area (Å²) < 4.78 is 7.82. The largest absolute Gasteiger partial charge is 0.419 e. The molecule has 0 bridgehead atoms. The third kappa shape index (κ3) is 2.47. The molecule has 0 aliphatic carbocycles. The molecule has 0 saturated carbocycles. The Balaban J connectivity index is 2.06. The number of thiophene rings is 1. The molecule has 6 heteroatoms. The number of aromatic nitrogens is 1. The predicted molar refractivity (Wildman–Crippen MR) is 87.0 cm³/mol. The van der Waals surface area contributed by atoms with E-state index in [2.05, 4.69) is 15.9 Å². The van der Waals surface area contributed by atoms with Crippen LogP contribution in [0.15, 0.2) is 37.3 Å². The van der Waals surface area contributed by atoms with Crippen LogP contribution in [-0.2, 0) is 6.54 Å². The Bertz CT molecular complexity index is 842. The number of rotatable bonds is 3. The fourth-order valence-electron chi connectivity index (χ4n) is 2.34. The van der Waals surface area contributed by atoms with Crippen LogP contribution in [0.4, 0.5) is 0 Å². The van der Waals surface area contributed by atoms with Gasteiger partial charge < -0.3 is 9.52 Å². The van der Waals surface area contributed by atoms with Gasteiger partial charge in [0.25, 0.3) is 0 Å². The second kappa shape index (κ2) is 5.44. The van der Waals surface area contributed by atoms with E-state index >= 15 is 0 Å². The van der Waals surface area contributed by atoms with Crippen LogP contribution in [0.1, 0.15) is 29.0 Å². The number of hydrogen-bond donors (Lipinski definition) is 1. The molecule has 0 radical (unpaired) electrons. The minimum absolute atomic E-state index is 0.367. The van der Waals surface area contributed by atoms with Crippen LogP contribution in [-0.4, -0.2) is 9.67 Å². The van der Waals surface area contributed by atoms with Gasteiger partial charge in [-0.3, -0.25) is 4.57 Å². The molecular formula is C15H14BrNO3S. The Morgan fingerprint density at radius 2 is 2.19 bits per heavy atom. The summed E-state index contributed by atoms with van der Waals surface area (Å²) in [5, 5.41) is 10.5. The number of hydrogen-bond acceptors (Lipinski definition) is 4. The molecule has 1 atom stereocenters. The summed E-state index contributed by atoms with van der Waals surface area (Å²) in [6, 6.07) is 7.34. The maximum atomic E-state index is 11.7. The zero-order valence-corrected chi connectivity index (χ0v) is 14.0. The van der Waals surface area contributed by atoms with Crippen LogP contribution in [0, 0.1) is 6.92 Å². The van der Waals surface area contributed by atoms with Crippen molar-refractivity contribution in [1.29, 1.82) is 0 Å². The summed E-state index contributed by atoms with van der Waals surface area (Å²) in [6.45, 7) is 4.44. The fourth-order valence-corrected chi connectivity index (χ4v) is 3.92. The quantitative estimate of drug-likeness (QED) is 0.765. The highest BCUT2D eigenvalue weighted by Gasteiger charge is 2.17. The van der Waals surface area contributed by atoms with E-state index in [1.54, 1.807) is 10.6 Å². The summed E-state index contributed by atoms with van der Waals surface area (Å²) in [5.41, 5.74) is 3.07. The number of aliphatic hydroxyl groups is 1. The lowest BCUT2D eigenvalue weighted by molar-refractivity contribution is 0.224. The molecule has 1 N–H and O–H groups in total. The summed E-state index contributed by atoms with van der Waals surface area (Å²) in [7, 11) is 0. The smallest absolute Gasteiger partial charge is 0.408 e. The van der Waals surface area contributed by atoms with Gasteiger partial charge in [0.2, 0.25) is 0 Å². The molecule has 3 aromatic rings. The van der Waals surface area contributed by atoms with E-state index in [1.165, 1.54) is 11.3 Å². The molecule has 3 rings (SSSR count). The number of halogens is 1. The minimum Gasteiger partial charge on any atom is -0.408 e. The van der Waals surface area contributed by atoms with Gasteiger partial charge in [0, 0.05) is 11.4 Å². The molecule has 1 unspecified atom stereocenters. The molecule has 2 aromatic heterocycles. The van der Waals surface area contributed by atoms with Gasteiger partial charge >= 0.3 is 5.76 Å². The highest BCUT2D eigenvalue weighted by molar-refractivity contribution is 9.11. The summed E-state index contributed by atoms with van der Waals surface area (Å²) in [5.74, 6) is -0.367. The third-order valence-electron chi connectivity index (χ3n) is 3.47. The number of benzene rings is 1. The number of oxazole rings is 1. The van der Waals surface area contributed by atoms with Crippen molar-refractivity contribution >= 4 is 38.4 Å². The van der Waals surface area contributed by atoms with Gasteiger partial charge in [0.1, 0.15) is 6.10 Å². The van der Waals surface area contributed by atoms with Gasteiger partial charge in [-0.05, 0) is 59.1 Å². The molecule has 110 valence electrons. The molecule has 0 saturated heterocycles. The Morgan fingerprint density at radius 3 is 2.81 bits per heavy atom. The maximum absolute atomic E-state index is 11.7. The summed E-state index contributed by atoms with van der Waals surface area (Å²) >= 11 is 4.97. The van der Waals surface area contributed by atoms with Crippen LogP contribution < -0.4 is 5.76 Å². The van der Waals surface area contributed by atoms with E-state index in [0.29, 0.717) is 17.7 Å². The molecular weight excluding hydrogens is 354 g/mol. The first-order valence-corrected chi connectivity index (χ1v) is 8.19. The molecule has 21 heavy (non-hydrogen) atoms. The minimum atomic E-state index is -0.723. The molecule has 0 aliphatic rings. The van der Waals surface area contributed by atoms with E-state index in [-0.39, 0.29) is 5.76 Å². The van der Waals surface area contributed by atoms with E-state index in [4.69, 9.17) is 4.42 Å². The van der Waals surface area contributed by atoms with Gasteiger partial charge in [0.05, 0.1) is 9.30 Å². The number of nitrogens with zero attached hydrogens (tertiary/aromatic N) is 1. The number of fused-ring (bicyclic) bond motifs is 1. The van der Waals surface area contributed by atoms with E-state index < -0.39 is 6.10 Å². The highest BCUT2D eigenvalue weighted by Crippen LogP contribution is 2.34. The standard InChI is InChI=1S/C15H14BrNO3S/c1-3-17-10-5-4-9(7-11(10)20-15(17)19)13(18)12-6-8(2)14(16)21-12/h4-7,13,18H,3H2,1-2H3. The lowest BCUT2D eigenvalue weighted by atomic mass is 10.1. The van der Waals surface area contributed by atoms with Crippen LogP contribution in [0.25, 0.3) is 11.1 Å². The van der Waals surface area contributed by atoms with Crippen molar-refractivity contribution in [2.45, 2.75) is 26.5 Å². The second-order valence-corrected chi connectivity index (χ2v) is 7.25. The van der Waals surface area contributed by atoms with Crippen molar-refractivity contribution < 1.29 is 9.52 Å². The maximum Gasteiger partial charge on any atom is 0.419 e. The van der Waals surface area contributed by atoms with Gasteiger partial charge in [-0.25, -0.2) is 4.79 Å². The van der Waals surface area contributed by atoms with Crippen molar-refractivity contribution in [3.8, 4) is 0 Å². The van der Waals surface area contributed by atoms with Crippen molar-refractivity contribution in [3.05, 3.63) is 54.6 Å². The van der Waals surface area contributed by atoms with Crippen LogP contribution >= 0.6 is 27.3 Å². The van der Waals surface area contributed by atoms with E-state index in [9.17, 15) is 9.90 Å². The van der Waals surface area contributed by atoms with Crippen LogP contribution in [0.5, 0.6) is 0 Å². The third-order valence-corrected chi connectivity index (χ3v) is 5.66. The molecule has 2 heterocycles. The zero-order valence-electron chi connectivity index (χ0n) is 11.6. The van der Waals surface area contributed by atoms with Gasteiger partial charge in [0.15, 0.2) is 5.58 Å². The van der Waals surface area contributed by atoms with Gasteiger partial charge in [-0.2, -0.15) is 0 Å². The molecule has 0 fully saturated rings. The zero-order chi connectivity index (χ0) is 15.1. The predicted octanol–water partition coefficient (Wildman–Crippen LogP) is 3.83. The first-order valence-electron chi connectivity index (χ1n) is 6.58. The molecule has 1 aromatic carbocycles. The van der Waals surface area contributed by atoms with Crippen LogP contribution in [0.2, 0.25) is 0 Å². The average Bonchev–Trinajstić information content (AvgIpc) is 2.96. The van der Waals surface area contributed by atoms with E-state index in [0.717, 1.165) is 19.7 Å². The van der Waals surface area contributed by atoms with Gasteiger partial charge in [-0.1, -0.05) is 6.07 Å². The molecule has 0 amide bonds. The van der Waals surface area contributed by atoms with Crippen molar-refractivity contribution in [2.75, 3.05) is 0 Å². The Morgan fingerprint density at radius 1 is 1.43 bits per heavy atom. The SMILES string of the molecule is CCn1c(=O)oc2cc(C(O)c3cc(C)c(Br)s3)ccc21. The van der Waals surface area contributed by atoms with Crippen molar-refractivity contribution in [2.24, 2.45) is 0 Å². The molecule has 0 aliphatic heterocycles. The number of aryl methyl sites for hydroxylation is 2. The Kier molecular flexibility index (Phi) is 3.77. The monoisotopic (exact) mass is 367 g/mol. The molecule has 4 nitrogen and oxygen atoms in total. The first kappa shape index (κ1) is 14.6. The van der Waals surface area contributed by atoms with Crippen molar-refractivity contribution in [3.63, 3.8) is 0 Å². The van der Waals surface area contributed by atoms with E-state index in [1.807, 2.05) is 32.0 Å².